The summed E-state index contributed by atoms with van der Waals surface area (Å²) in [7, 11) is -3.95. The Morgan fingerprint density at radius 2 is 2.06 bits per heavy atom. The van der Waals surface area contributed by atoms with Crippen molar-refractivity contribution in [3.63, 3.8) is 0 Å². The van der Waals surface area contributed by atoms with Gasteiger partial charge in [0.05, 0.1) is 15.1 Å². The molecule has 9 nitrogen and oxygen atoms in total. The Labute approximate surface area is 185 Å². The van der Waals surface area contributed by atoms with E-state index >= 15 is 0 Å². The third kappa shape index (κ3) is 4.34. The van der Waals surface area contributed by atoms with Crippen LogP contribution >= 0.6 is 23.1 Å². The number of aromatic nitrogens is 1. The number of nitro groups is 1. The van der Waals surface area contributed by atoms with Gasteiger partial charge in [0.15, 0.2) is 6.04 Å². The van der Waals surface area contributed by atoms with E-state index < -0.39 is 38.9 Å². The van der Waals surface area contributed by atoms with Gasteiger partial charge in [0.25, 0.3) is 5.69 Å². The van der Waals surface area contributed by atoms with Crippen molar-refractivity contribution < 1.29 is 23.2 Å². The van der Waals surface area contributed by atoms with Gasteiger partial charge in [0.1, 0.15) is 24.6 Å². The van der Waals surface area contributed by atoms with E-state index in [0.29, 0.717) is 32.3 Å². The van der Waals surface area contributed by atoms with Gasteiger partial charge in [-0.2, -0.15) is 0 Å². The van der Waals surface area contributed by atoms with Crippen molar-refractivity contribution in [2.45, 2.75) is 17.9 Å². The average molecular weight is 475 g/mol. The minimum absolute atomic E-state index is 0.315. The summed E-state index contributed by atoms with van der Waals surface area (Å²) in [5.74, 6) is -0.638. The van der Waals surface area contributed by atoms with Crippen molar-refractivity contribution in [1.29, 1.82) is 0 Å². The molecule has 0 unspecified atom stereocenters. The van der Waals surface area contributed by atoms with Crippen LogP contribution in [0.3, 0.4) is 0 Å². The van der Waals surface area contributed by atoms with Crippen LogP contribution in [-0.2, 0) is 14.5 Å². The summed E-state index contributed by atoms with van der Waals surface area (Å²) in [6, 6.07) is 8.23. The van der Waals surface area contributed by atoms with Crippen molar-refractivity contribution in [2.75, 3.05) is 5.75 Å². The predicted molar refractivity (Wildman–Crippen MR) is 122 cm³/mol. The van der Waals surface area contributed by atoms with Crippen LogP contribution in [0, 0.1) is 17.0 Å². The molecule has 0 saturated carbocycles. The third-order valence-electron chi connectivity index (χ3n) is 4.57. The highest BCUT2D eigenvalue weighted by atomic mass is 32.2. The summed E-state index contributed by atoms with van der Waals surface area (Å²) < 4.78 is 26.5. The van der Waals surface area contributed by atoms with Crippen LogP contribution in [-0.4, -0.2) is 52.8 Å². The fraction of sp³-hybridized carbons (Fsp3) is 0.167. The summed E-state index contributed by atoms with van der Waals surface area (Å²) >= 11 is 2.62. The molecule has 13 heteroatoms. The molecule has 1 N–H and O–H groups in total. The summed E-state index contributed by atoms with van der Waals surface area (Å²) in [6.07, 6.45) is 0. The molecule has 158 valence electrons. The molecule has 2 aromatic carbocycles. The summed E-state index contributed by atoms with van der Waals surface area (Å²) in [5.41, 5.74) is 1.28. The Morgan fingerprint density at radius 1 is 1.29 bits per heavy atom. The molecule has 3 aromatic rings. The van der Waals surface area contributed by atoms with Crippen molar-refractivity contribution in [3.05, 3.63) is 57.1 Å². The van der Waals surface area contributed by atoms with Crippen molar-refractivity contribution in [3.8, 4) is 0 Å². The quantitative estimate of drug-likeness (QED) is 0.324. The number of carbonyl (C=O) groups is 1. The van der Waals surface area contributed by atoms with Gasteiger partial charge in [-0.15, -0.1) is 23.1 Å². The highest BCUT2D eigenvalue weighted by Gasteiger charge is 2.29. The average Bonchev–Trinajstić information content (AvgIpc) is 3.34. The Morgan fingerprint density at radius 3 is 2.74 bits per heavy atom. The number of carboxylic acids is 1. The maximum absolute atomic E-state index is 12.9. The first-order valence-electron chi connectivity index (χ1n) is 8.95. The zero-order valence-electron chi connectivity index (χ0n) is 16.0. The van der Waals surface area contributed by atoms with E-state index in [1.807, 2.05) is 0 Å². The lowest BCUT2D eigenvalue weighted by molar-refractivity contribution is -0.387. The first kappa shape index (κ1) is 21.5. The summed E-state index contributed by atoms with van der Waals surface area (Å²) in [6.45, 7) is 1.27. The molecule has 0 aliphatic carbocycles. The van der Waals surface area contributed by atoms with Crippen molar-refractivity contribution in [2.24, 2.45) is 4.99 Å². The van der Waals surface area contributed by atoms with E-state index in [-0.39, 0.29) is 4.90 Å². The second-order valence-electron chi connectivity index (χ2n) is 6.91. The summed E-state index contributed by atoms with van der Waals surface area (Å²) in [4.78, 5) is 30.1. The Balaban J connectivity index is 1.65. The zero-order chi connectivity index (χ0) is 22.3. The van der Waals surface area contributed by atoms with E-state index in [1.54, 1.807) is 25.1 Å². The fourth-order valence-electron chi connectivity index (χ4n) is 3.10. The lowest BCUT2D eigenvalue weighted by Gasteiger charge is -2.05. The van der Waals surface area contributed by atoms with E-state index in [4.69, 9.17) is 5.11 Å². The lowest BCUT2D eigenvalue weighted by atomic mass is 9.94. The number of fused-ring (bicyclic) bond motifs is 1. The second-order valence-corrected chi connectivity index (χ2v) is 10.9. The molecule has 31 heavy (non-hydrogen) atoms. The number of thioether (sulfide) groups is 1. The van der Waals surface area contributed by atoms with E-state index in [2.05, 4.69) is 9.98 Å². The fourth-order valence-corrected chi connectivity index (χ4v) is 6.73. The lowest BCUT2D eigenvalue weighted by Crippen LogP contribution is -2.24. The summed E-state index contributed by atoms with van der Waals surface area (Å²) in [5, 5.41) is 21.6. The topological polar surface area (TPSA) is 140 Å². The largest absolute Gasteiger partial charge is 0.480 e. The van der Waals surface area contributed by atoms with Crippen molar-refractivity contribution >= 4 is 71.7 Å². The maximum atomic E-state index is 12.9. The Kier molecular flexibility index (Phi) is 5.58. The Hall–Kier alpha value is -2.77. The van der Waals surface area contributed by atoms with Crippen LogP contribution in [0.15, 0.2) is 46.3 Å². The number of nitrogens with zero attached hydrogens (tertiary/aromatic N) is 3. The van der Waals surface area contributed by atoms with E-state index in [0.717, 1.165) is 4.70 Å². The monoisotopic (exact) mass is 475 g/mol. The first-order valence-corrected chi connectivity index (χ1v) is 12.4. The number of aliphatic imine (C=N–C) groups is 1. The molecule has 0 radical (unpaired) electrons. The number of thiazole rings is 1. The van der Waals surface area contributed by atoms with Gasteiger partial charge in [-0.3, -0.25) is 15.1 Å². The van der Waals surface area contributed by atoms with Crippen LogP contribution < -0.4 is 5.46 Å². The van der Waals surface area contributed by atoms with Crippen LogP contribution in [0.2, 0.25) is 0 Å². The first-order chi connectivity index (χ1) is 14.6. The molecule has 4 rings (SSSR count). The normalized spacial score (nSPS) is 16.3. The highest BCUT2D eigenvalue weighted by Crippen LogP contribution is 2.30. The molecule has 0 spiro atoms. The van der Waals surface area contributed by atoms with Gasteiger partial charge in [-0.05, 0) is 30.7 Å². The molecule has 1 aliphatic rings. The number of nitro benzene ring substituents is 1. The van der Waals surface area contributed by atoms with Gasteiger partial charge < -0.3 is 5.11 Å². The maximum Gasteiger partial charge on any atom is 0.329 e. The van der Waals surface area contributed by atoms with Gasteiger partial charge >= 0.3 is 12.5 Å². The molecule has 0 fully saturated rings. The third-order valence-corrected chi connectivity index (χ3v) is 8.51. The highest BCUT2D eigenvalue weighted by molar-refractivity contribution is 8.16. The van der Waals surface area contributed by atoms with E-state index in [1.165, 1.54) is 41.3 Å². The molecule has 0 saturated heterocycles. The molecule has 0 amide bonds. The number of hydrogen-bond donors (Lipinski definition) is 1. The Bertz CT molecular complexity index is 1370. The van der Waals surface area contributed by atoms with Gasteiger partial charge in [0, 0.05) is 11.8 Å². The standard InChI is InChI=1S/C18H14BN3O6S3/c1-9-2-5-15(13(6-9)22(25)26)31(27,28)19-10-3-4-11-14(7-10)30-17(20-11)16-21-12(8-29-16)18(23)24/h2-7,12,19H,8H2,1H3,(H,23,24)/t12-/m1/s1. The number of aliphatic carboxylic acids is 1. The van der Waals surface area contributed by atoms with E-state index in [9.17, 15) is 23.3 Å². The van der Waals surface area contributed by atoms with Crippen LogP contribution in [0.4, 0.5) is 5.69 Å². The smallest absolute Gasteiger partial charge is 0.329 e. The molecule has 1 aliphatic heterocycles. The molecule has 2 heterocycles. The minimum atomic E-state index is -3.95. The predicted octanol–water partition coefficient (Wildman–Crippen LogP) is 1.91. The molecule has 1 aromatic heterocycles. The number of aryl methyl sites for hydroxylation is 1. The number of carboxylic acid groups (broad SMARTS) is 1. The van der Waals surface area contributed by atoms with Crippen LogP contribution in [0.25, 0.3) is 10.2 Å². The minimum Gasteiger partial charge on any atom is -0.480 e. The molecular formula is C18H14BN3O6S3. The van der Waals surface area contributed by atoms with Gasteiger partial charge in [-0.1, -0.05) is 17.6 Å². The van der Waals surface area contributed by atoms with Gasteiger partial charge in [-0.25, -0.2) is 18.2 Å². The number of hydrogen-bond acceptors (Lipinski definition) is 9. The van der Waals surface area contributed by atoms with Gasteiger partial charge in [0.2, 0.25) is 0 Å². The SMILES string of the molecule is Cc1ccc(S(=O)(=O)Bc2ccc3nc(C4=N[C@@H](C(=O)O)CS4)sc3c2)c([N+](=O)[O-])c1. The molecule has 1 atom stereocenters. The van der Waals surface area contributed by atoms with Crippen molar-refractivity contribution in [1.82, 2.24) is 4.98 Å². The van der Waals surface area contributed by atoms with Crippen LogP contribution in [0.1, 0.15) is 10.6 Å². The second kappa shape index (κ2) is 8.06. The number of rotatable bonds is 6. The zero-order valence-corrected chi connectivity index (χ0v) is 18.5. The molecule has 0 bridgehead atoms. The van der Waals surface area contributed by atoms with Crippen LogP contribution in [0.5, 0.6) is 0 Å². The number of benzene rings is 2. The molecular weight excluding hydrogens is 461 g/mol.